The highest BCUT2D eigenvalue weighted by Gasteiger charge is 2.33. The van der Waals surface area contributed by atoms with Crippen molar-refractivity contribution in [3.63, 3.8) is 0 Å². The third-order valence-electron chi connectivity index (χ3n) is 6.20. The third-order valence-corrected chi connectivity index (χ3v) is 6.20. The minimum atomic E-state index is 0.269. The Morgan fingerprint density at radius 1 is 1.07 bits per heavy atom. The summed E-state index contributed by atoms with van der Waals surface area (Å²) >= 11 is 0. The van der Waals surface area contributed by atoms with Gasteiger partial charge in [-0.2, -0.15) is 0 Å². The third kappa shape index (κ3) is 3.23. The predicted octanol–water partition coefficient (Wildman–Crippen LogP) is 6.84. The van der Waals surface area contributed by atoms with Crippen molar-refractivity contribution in [2.75, 3.05) is 4.90 Å². The second kappa shape index (κ2) is 7.79. The topological polar surface area (TPSA) is 15.3 Å². The van der Waals surface area contributed by atoms with Gasteiger partial charge in [0.2, 0.25) is 0 Å². The van der Waals surface area contributed by atoms with E-state index in [9.17, 15) is 0 Å². The van der Waals surface area contributed by atoms with Gasteiger partial charge in [0.1, 0.15) is 6.17 Å². The summed E-state index contributed by atoms with van der Waals surface area (Å²) in [7, 11) is 0. The van der Waals surface area contributed by atoms with E-state index in [1.807, 2.05) is 6.08 Å². The molecule has 0 bridgehead atoms. The number of nitrogens with zero attached hydrogens (tertiary/aromatic N) is 1. The Labute approximate surface area is 173 Å². The van der Waals surface area contributed by atoms with Crippen LogP contribution in [0.4, 0.5) is 5.69 Å². The molecular weight excluding hydrogens is 352 g/mol. The monoisotopic (exact) mass is 380 g/mol. The zero-order valence-corrected chi connectivity index (χ0v) is 16.9. The Bertz CT molecular complexity index is 1070. The highest BCUT2D eigenvalue weighted by Crippen LogP contribution is 2.43. The summed E-state index contributed by atoms with van der Waals surface area (Å²) in [4.78, 5) is 2.57. The first-order valence-corrected chi connectivity index (χ1v) is 10.8. The number of benzene rings is 2. The average Bonchev–Trinajstić information content (AvgIpc) is 3.15. The maximum absolute atomic E-state index is 3.96. The molecule has 1 atom stereocenters. The van der Waals surface area contributed by atoms with E-state index < -0.39 is 0 Å². The van der Waals surface area contributed by atoms with E-state index >= 15 is 0 Å². The minimum absolute atomic E-state index is 0.269. The molecule has 2 aromatic rings. The van der Waals surface area contributed by atoms with Gasteiger partial charge < -0.3 is 10.2 Å². The molecule has 0 radical (unpaired) electrons. The lowest BCUT2D eigenvalue weighted by molar-refractivity contribution is 0.560. The van der Waals surface area contributed by atoms with Crippen molar-refractivity contribution >= 4 is 22.0 Å². The molecule has 2 aliphatic carbocycles. The molecule has 0 saturated heterocycles. The van der Waals surface area contributed by atoms with Crippen molar-refractivity contribution in [3.05, 3.63) is 96.4 Å². The standard InChI is InChI=1S/C27H28N2/c1-2-3-17-26-28-24-15-9-10-16-25(24)29(26)27-22-14-8-7-13-21(22)18-19-23(27)20-11-5-4-6-12-20/h2,4-5,7-8,10-11,13-14,16,18-19,26,28H,1,3,6,9,12,15,17H2. The quantitative estimate of drug-likeness (QED) is 0.571. The van der Waals surface area contributed by atoms with Gasteiger partial charge in [-0.3, -0.25) is 0 Å². The normalized spacial score (nSPS) is 20.6. The number of nitrogens with one attached hydrogen (secondary N) is 1. The van der Waals surface area contributed by atoms with Crippen molar-refractivity contribution in [3.8, 4) is 0 Å². The molecular formula is C27H28N2. The van der Waals surface area contributed by atoms with Crippen LogP contribution < -0.4 is 10.2 Å². The van der Waals surface area contributed by atoms with Gasteiger partial charge in [-0.15, -0.1) is 6.58 Å². The second-order valence-electron chi connectivity index (χ2n) is 8.04. The molecule has 0 spiro atoms. The molecule has 0 amide bonds. The van der Waals surface area contributed by atoms with Gasteiger partial charge in [0.25, 0.3) is 0 Å². The maximum atomic E-state index is 3.96. The summed E-state index contributed by atoms with van der Waals surface area (Å²) in [6, 6.07) is 13.4. The summed E-state index contributed by atoms with van der Waals surface area (Å²) in [5, 5.41) is 6.48. The van der Waals surface area contributed by atoms with Crippen LogP contribution in [0.25, 0.3) is 16.3 Å². The SMILES string of the molecule is C=CCCC1NC2=C(C=CCC2)N1c1c(C2=CC=CCC2)ccc2ccccc12. The lowest BCUT2D eigenvalue weighted by atomic mass is 9.92. The Kier molecular flexibility index (Phi) is 4.85. The van der Waals surface area contributed by atoms with Crippen LogP contribution in [0.2, 0.25) is 0 Å². The highest BCUT2D eigenvalue weighted by atomic mass is 15.3. The molecule has 5 rings (SSSR count). The molecule has 1 unspecified atom stereocenters. The van der Waals surface area contributed by atoms with Crippen LogP contribution in [0.1, 0.15) is 44.1 Å². The Hall–Kier alpha value is -3.00. The molecule has 29 heavy (non-hydrogen) atoms. The zero-order chi connectivity index (χ0) is 19.6. The molecule has 2 nitrogen and oxygen atoms in total. The summed E-state index contributed by atoms with van der Waals surface area (Å²) in [6.45, 7) is 3.96. The van der Waals surface area contributed by atoms with E-state index in [0.29, 0.717) is 0 Å². The summed E-state index contributed by atoms with van der Waals surface area (Å²) < 4.78 is 0. The predicted molar refractivity (Wildman–Crippen MR) is 125 cm³/mol. The second-order valence-corrected chi connectivity index (χ2v) is 8.04. The van der Waals surface area contributed by atoms with Crippen molar-refractivity contribution in [2.45, 2.75) is 44.7 Å². The molecule has 0 aromatic heterocycles. The number of anilines is 1. The first kappa shape index (κ1) is 18.1. The van der Waals surface area contributed by atoms with Gasteiger partial charge in [0, 0.05) is 16.6 Å². The molecule has 1 aliphatic heterocycles. The molecule has 1 N–H and O–H groups in total. The van der Waals surface area contributed by atoms with Gasteiger partial charge in [0.15, 0.2) is 0 Å². The van der Waals surface area contributed by atoms with Crippen LogP contribution in [-0.4, -0.2) is 6.17 Å². The Morgan fingerprint density at radius 2 is 1.97 bits per heavy atom. The van der Waals surface area contributed by atoms with E-state index in [1.54, 1.807) is 0 Å². The molecule has 146 valence electrons. The molecule has 2 heteroatoms. The highest BCUT2D eigenvalue weighted by molar-refractivity contribution is 6.01. The number of allylic oxidation sites excluding steroid dienone is 8. The fraction of sp³-hybridized carbons (Fsp3) is 0.259. The van der Waals surface area contributed by atoms with Crippen molar-refractivity contribution < 1.29 is 0 Å². The van der Waals surface area contributed by atoms with E-state index in [1.165, 1.54) is 39.0 Å². The molecule has 1 heterocycles. The maximum Gasteiger partial charge on any atom is 0.104 e. The van der Waals surface area contributed by atoms with Gasteiger partial charge in [-0.1, -0.05) is 66.8 Å². The van der Waals surface area contributed by atoms with Gasteiger partial charge in [0.05, 0.1) is 11.4 Å². The van der Waals surface area contributed by atoms with Crippen LogP contribution in [0.15, 0.2) is 90.8 Å². The van der Waals surface area contributed by atoms with Crippen LogP contribution >= 0.6 is 0 Å². The lowest BCUT2D eigenvalue weighted by Gasteiger charge is -2.32. The largest absolute Gasteiger partial charge is 0.367 e. The van der Waals surface area contributed by atoms with Crippen LogP contribution in [0.3, 0.4) is 0 Å². The molecule has 0 fully saturated rings. The fourth-order valence-corrected chi connectivity index (χ4v) is 4.81. The van der Waals surface area contributed by atoms with E-state index in [0.717, 1.165) is 38.5 Å². The summed E-state index contributed by atoms with van der Waals surface area (Å²) in [5.74, 6) is 0. The first-order valence-electron chi connectivity index (χ1n) is 10.8. The van der Waals surface area contributed by atoms with E-state index in [-0.39, 0.29) is 6.17 Å². The van der Waals surface area contributed by atoms with Gasteiger partial charge >= 0.3 is 0 Å². The van der Waals surface area contributed by atoms with E-state index in [4.69, 9.17) is 0 Å². The van der Waals surface area contributed by atoms with Gasteiger partial charge in [-0.25, -0.2) is 0 Å². The number of hydrogen-bond donors (Lipinski definition) is 1. The number of fused-ring (bicyclic) bond motifs is 1. The zero-order valence-electron chi connectivity index (χ0n) is 16.9. The van der Waals surface area contributed by atoms with Crippen molar-refractivity contribution in [2.24, 2.45) is 0 Å². The molecule has 3 aliphatic rings. The molecule has 0 saturated carbocycles. The van der Waals surface area contributed by atoms with Crippen molar-refractivity contribution in [1.29, 1.82) is 0 Å². The first-order chi connectivity index (χ1) is 14.4. The Balaban J connectivity index is 1.73. The minimum Gasteiger partial charge on any atom is -0.367 e. The van der Waals surface area contributed by atoms with Crippen LogP contribution in [0.5, 0.6) is 0 Å². The molecule has 2 aromatic carbocycles. The number of rotatable bonds is 5. The lowest BCUT2D eigenvalue weighted by Crippen LogP contribution is -2.37. The smallest absolute Gasteiger partial charge is 0.104 e. The van der Waals surface area contributed by atoms with Crippen LogP contribution in [0, 0.1) is 0 Å². The summed E-state index contributed by atoms with van der Waals surface area (Å²) in [6.07, 6.45) is 20.2. The fourth-order valence-electron chi connectivity index (χ4n) is 4.81. The summed E-state index contributed by atoms with van der Waals surface area (Å²) in [5.41, 5.74) is 6.88. The number of hydrogen-bond acceptors (Lipinski definition) is 2. The van der Waals surface area contributed by atoms with Crippen LogP contribution in [-0.2, 0) is 0 Å². The van der Waals surface area contributed by atoms with Gasteiger partial charge in [-0.05, 0) is 55.6 Å². The Morgan fingerprint density at radius 3 is 2.83 bits per heavy atom. The average molecular weight is 381 g/mol. The van der Waals surface area contributed by atoms with Crippen molar-refractivity contribution in [1.82, 2.24) is 5.32 Å². The van der Waals surface area contributed by atoms with E-state index in [2.05, 4.69) is 83.6 Å².